The van der Waals surface area contributed by atoms with Crippen molar-refractivity contribution < 1.29 is 18.0 Å². The predicted molar refractivity (Wildman–Crippen MR) is 56.5 cm³/mol. The van der Waals surface area contributed by atoms with Crippen molar-refractivity contribution in [2.24, 2.45) is 7.05 Å². The maximum Gasteiger partial charge on any atom is 0.401 e. The van der Waals surface area contributed by atoms with Crippen molar-refractivity contribution in [2.45, 2.75) is 19.1 Å². The molecule has 0 aliphatic heterocycles. The van der Waals surface area contributed by atoms with Crippen LogP contribution in [0.2, 0.25) is 0 Å². The first kappa shape index (κ1) is 14.4. The third kappa shape index (κ3) is 4.70. The van der Waals surface area contributed by atoms with Gasteiger partial charge in [-0.25, -0.2) is 0 Å². The van der Waals surface area contributed by atoms with Crippen molar-refractivity contribution in [3.8, 4) is 0 Å². The highest BCUT2D eigenvalue weighted by atomic mass is 19.4. The highest BCUT2D eigenvalue weighted by Crippen LogP contribution is 2.12. The molecular formula is C9H14F3N5O. The Kier molecular flexibility index (Phi) is 4.65. The highest BCUT2D eigenvalue weighted by Gasteiger charge is 2.26. The van der Waals surface area contributed by atoms with Crippen LogP contribution < -0.4 is 10.6 Å². The molecule has 1 amide bonds. The average molecular weight is 265 g/mol. The van der Waals surface area contributed by atoms with Gasteiger partial charge in [-0.1, -0.05) is 0 Å². The van der Waals surface area contributed by atoms with Crippen LogP contribution in [0.3, 0.4) is 0 Å². The zero-order valence-electron chi connectivity index (χ0n) is 9.95. The number of hydrogen-bond acceptors (Lipinski definition) is 4. The van der Waals surface area contributed by atoms with Gasteiger partial charge in [0.05, 0.1) is 19.1 Å². The molecule has 0 saturated carbocycles. The molecule has 1 atom stereocenters. The summed E-state index contributed by atoms with van der Waals surface area (Å²) in [7, 11) is 1.71. The maximum atomic E-state index is 11.8. The number of alkyl halides is 3. The molecule has 0 aliphatic rings. The quantitative estimate of drug-likeness (QED) is 0.794. The fraction of sp³-hybridized carbons (Fsp3) is 0.667. The first-order chi connectivity index (χ1) is 8.29. The number of halogens is 3. The molecule has 6 nitrogen and oxygen atoms in total. The van der Waals surface area contributed by atoms with Crippen LogP contribution in [0.25, 0.3) is 0 Å². The van der Waals surface area contributed by atoms with Gasteiger partial charge in [-0.2, -0.15) is 13.2 Å². The Labute approximate surface area is 102 Å². The minimum Gasteiger partial charge on any atom is -0.345 e. The fourth-order valence-electron chi connectivity index (χ4n) is 1.36. The van der Waals surface area contributed by atoms with Gasteiger partial charge in [-0.3, -0.25) is 4.79 Å². The Bertz CT molecular complexity index is 403. The van der Waals surface area contributed by atoms with Gasteiger partial charge in [-0.15, -0.1) is 10.2 Å². The summed E-state index contributed by atoms with van der Waals surface area (Å²) in [6.45, 7) is 0.0755. The van der Waals surface area contributed by atoms with Crippen molar-refractivity contribution in [1.29, 1.82) is 0 Å². The number of amides is 1. The van der Waals surface area contributed by atoms with Gasteiger partial charge in [0.2, 0.25) is 5.91 Å². The molecule has 0 radical (unpaired) electrons. The van der Waals surface area contributed by atoms with E-state index in [2.05, 4.69) is 15.5 Å². The number of nitrogens with zero attached hydrogens (tertiary/aromatic N) is 3. The summed E-state index contributed by atoms with van der Waals surface area (Å²) in [5.74, 6) is -0.00563. The van der Waals surface area contributed by atoms with E-state index in [0.717, 1.165) is 0 Å². The second-order valence-corrected chi connectivity index (χ2v) is 3.81. The zero-order chi connectivity index (χ0) is 13.8. The molecule has 1 rings (SSSR count). The lowest BCUT2D eigenvalue weighted by atomic mass is 10.3. The summed E-state index contributed by atoms with van der Waals surface area (Å²) in [4.78, 5) is 11.3. The van der Waals surface area contributed by atoms with E-state index in [-0.39, 0.29) is 0 Å². The monoisotopic (exact) mass is 265 g/mol. The molecule has 1 unspecified atom stereocenters. The number of hydrogen-bond donors (Lipinski definition) is 2. The largest absolute Gasteiger partial charge is 0.401 e. The second kappa shape index (κ2) is 5.80. The van der Waals surface area contributed by atoms with Crippen molar-refractivity contribution in [3.63, 3.8) is 0 Å². The Hall–Kier alpha value is -1.64. The highest BCUT2D eigenvalue weighted by molar-refractivity contribution is 5.78. The molecule has 1 aromatic rings. The van der Waals surface area contributed by atoms with E-state index in [1.165, 1.54) is 6.33 Å². The van der Waals surface area contributed by atoms with E-state index in [1.54, 1.807) is 18.5 Å². The number of carbonyl (C=O) groups excluding carboxylic acids is 1. The number of carbonyl (C=O) groups is 1. The lowest BCUT2D eigenvalue weighted by Crippen LogP contribution is -2.39. The van der Waals surface area contributed by atoms with Gasteiger partial charge in [0.15, 0.2) is 5.82 Å². The molecule has 0 saturated heterocycles. The average Bonchev–Trinajstić information content (AvgIpc) is 2.62. The molecule has 1 heterocycles. The SMILES string of the molecule is CC(NC(=O)CNCC(F)(F)F)c1nncn1C. The summed E-state index contributed by atoms with van der Waals surface area (Å²) in [5, 5.41) is 12.0. The number of aromatic nitrogens is 3. The third-order valence-electron chi connectivity index (χ3n) is 2.12. The third-order valence-corrected chi connectivity index (χ3v) is 2.12. The van der Waals surface area contributed by atoms with Gasteiger partial charge in [0.25, 0.3) is 0 Å². The van der Waals surface area contributed by atoms with E-state index >= 15 is 0 Å². The Morgan fingerprint density at radius 2 is 2.22 bits per heavy atom. The topological polar surface area (TPSA) is 71.8 Å². The number of rotatable bonds is 5. The van der Waals surface area contributed by atoms with E-state index in [1.807, 2.05) is 5.32 Å². The van der Waals surface area contributed by atoms with Crippen LogP contribution in [0, 0.1) is 0 Å². The summed E-state index contributed by atoms with van der Waals surface area (Å²) in [5.41, 5.74) is 0. The van der Waals surface area contributed by atoms with Gasteiger partial charge in [0, 0.05) is 7.05 Å². The molecule has 18 heavy (non-hydrogen) atoms. The second-order valence-electron chi connectivity index (χ2n) is 3.81. The molecule has 0 aromatic carbocycles. The standard InChI is InChI=1S/C9H14F3N5O/c1-6(8-16-14-5-17(8)2)15-7(18)3-13-4-9(10,11)12/h5-6,13H,3-4H2,1-2H3,(H,15,18). The van der Waals surface area contributed by atoms with Crippen molar-refractivity contribution in [1.82, 2.24) is 25.4 Å². The van der Waals surface area contributed by atoms with Crippen molar-refractivity contribution in [3.05, 3.63) is 12.2 Å². The summed E-state index contributed by atoms with van der Waals surface area (Å²) in [6, 6.07) is -0.419. The van der Waals surface area contributed by atoms with Crippen molar-refractivity contribution >= 4 is 5.91 Å². The normalized spacial score (nSPS) is 13.4. The molecule has 0 fully saturated rings. The summed E-state index contributed by atoms with van der Waals surface area (Å²) < 4.78 is 37.1. The Morgan fingerprint density at radius 1 is 1.56 bits per heavy atom. The summed E-state index contributed by atoms with van der Waals surface area (Å²) >= 11 is 0. The fourth-order valence-corrected chi connectivity index (χ4v) is 1.36. The van der Waals surface area contributed by atoms with Gasteiger partial charge in [-0.05, 0) is 6.92 Å². The van der Waals surface area contributed by atoms with Gasteiger partial charge >= 0.3 is 6.18 Å². The first-order valence-electron chi connectivity index (χ1n) is 5.20. The minimum absolute atomic E-state index is 0.401. The molecular weight excluding hydrogens is 251 g/mol. The van der Waals surface area contributed by atoms with Crippen LogP contribution in [0.4, 0.5) is 13.2 Å². The van der Waals surface area contributed by atoms with Crippen LogP contribution >= 0.6 is 0 Å². The predicted octanol–water partition coefficient (Wildman–Crippen LogP) is 0.144. The number of aryl methyl sites for hydroxylation is 1. The summed E-state index contributed by atoms with van der Waals surface area (Å²) in [6.07, 6.45) is -2.85. The van der Waals surface area contributed by atoms with Crippen LogP contribution in [-0.2, 0) is 11.8 Å². The Morgan fingerprint density at radius 3 is 2.72 bits per heavy atom. The number of nitrogens with one attached hydrogen (secondary N) is 2. The van der Waals surface area contributed by atoms with E-state index in [0.29, 0.717) is 5.82 Å². The van der Waals surface area contributed by atoms with Crippen LogP contribution in [0.15, 0.2) is 6.33 Å². The zero-order valence-corrected chi connectivity index (χ0v) is 9.95. The lowest BCUT2D eigenvalue weighted by molar-refractivity contribution is -0.128. The molecule has 102 valence electrons. The molecule has 0 aliphatic carbocycles. The van der Waals surface area contributed by atoms with E-state index in [9.17, 15) is 18.0 Å². The van der Waals surface area contributed by atoms with Crippen LogP contribution in [-0.4, -0.2) is 39.9 Å². The molecule has 0 spiro atoms. The maximum absolute atomic E-state index is 11.8. The van der Waals surface area contributed by atoms with E-state index in [4.69, 9.17) is 0 Å². The van der Waals surface area contributed by atoms with Crippen LogP contribution in [0.5, 0.6) is 0 Å². The van der Waals surface area contributed by atoms with Crippen LogP contribution in [0.1, 0.15) is 18.8 Å². The Balaban J connectivity index is 2.35. The molecule has 0 bridgehead atoms. The minimum atomic E-state index is -4.32. The van der Waals surface area contributed by atoms with Crippen molar-refractivity contribution in [2.75, 3.05) is 13.1 Å². The first-order valence-corrected chi connectivity index (χ1v) is 5.20. The lowest BCUT2D eigenvalue weighted by Gasteiger charge is -2.13. The van der Waals surface area contributed by atoms with E-state index < -0.39 is 31.2 Å². The molecule has 1 aromatic heterocycles. The molecule has 2 N–H and O–H groups in total. The van der Waals surface area contributed by atoms with Gasteiger partial charge < -0.3 is 15.2 Å². The van der Waals surface area contributed by atoms with Gasteiger partial charge in [0.1, 0.15) is 6.33 Å². The molecule has 9 heteroatoms. The smallest absolute Gasteiger partial charge is 0.345 e.